The van der Waals surface area contributed by atoms with E-state index in [4.69, 9.17) is 10.0 Å². The van der Waals surface area contributed by atoms with Crippen LogP contribution in [0.2, 0.25) is 0 Å². The van der Waals surface area contributed by atoms with Crippen molar-refractivity contribution in [2.75, 3.05) is 7.11 Å². The predicted octanol–water partition coefficient (Wildman–Crippen LogP) is 0.527. The van der Waals surface area contributed by atoms with Crippen LogP contribution in [0, 0.1) is 0 Å². The Morgan fingerprint density at radius 2 is 2.07 bits per heavy atom. The molecule has 0 heterocycles. The van der Waals surface area contributed by atoms with Gasteiger partial charge in [0.15, 0.2) is 0 Å². The number of allylic oxidation sites excluding steroid dienone is 3. The molecule has 15 heavy (non-hydrogen) atoms. The Balaban J connectivity index is 5.24. The maximum absolute atomic E-state index is 12.9. The van der Waals surface area contributed by atoms with Crippen LogP contribution < -0.4 is 0 Å². The average Bonchev–Trinajstić information content (AvgIpc) is 2.17. The van der Waals surface area contributed by atoms with E-state index in [1.807, 2.05) is 0 Å². The largest absolute Gasteiger partial charge is 0.488 e. The van der Waals surface area contributed by atoms with Crippen LogP contribution in [0.4, 0.5) is 4.39 Å². The molecule has 0 unspecified atom stereocenters. The molecule has 82 valence electrons. The van der Waals surface area contributed by atoms with Gasteiger partial charge in [0, 0.05) is 0 Å². The van der Waals surface area contributed by atoms with Crippen LogP contribution in [-0.4, -0.2) is 30.2 Å². The molecule has 0 spiro atoms. The minimum Gasteiger partial charge on any atom is -0.465 e. The summed E-state index contributed by atoms with van der Waals surface area (Å²) in [4.78, 5) is 11.1. The highest BCUT2D eigenvalue weighted by atomic mass is 19.1. The van der Waals surface area contributed by atoms with Gasteiger partial charge in [0.25, 0.3) is 0 Å². The Bertz CT molecular complexity index is 316. The highest BCUT2D eigenvalue weighted by Gasteiger charge is 2.17. The molecule has 0 atom stereocenters. The first-order valence-corrected chi connectivity index (χ1v) is 4.08. The third kappa shape index (κ3) is 4.10. The Kier molecular flexibility index (Phi) is 5.58. The van der Waals surface area contributed by atoms with Gasteiger partial charge in [-0.3, -0.25) is 0 Å². The highest BCUT2D eigenvalue weighted by Crippen LogP contribution is 2.12. The maximum Gasteiger partial charge on any atom is 0.488 e. The molecule has 0 aromatic heterocycles. The summed E-state index contributed by atoms with van der Waals surface area (Å²) in [6.07, 6.45) is 2.08. The van der Waals surface area contributed by atoms with Crippen molar-refractivity contribution in [2.45, 2.75) is 6.92 Å². The van der Waals surface area contributed by atoms with Crippen LogP contribution in [0.15, 0.2) is 35.6 Å². The van der Waals surface area contributed by atoms with Gasteiger partial charge in [-0.25, -0.2) is 9.18 Å². The van der Waals surface area contributed by atoms with Crippen molar-refractivity contribution in [1.29, 1.82) is 0 Å². The Morgan fingerprint density at radius 3 is 2.33 bits per heavy atom. The van der Waals surface area contributed by atoms with Gasteiger partial charge in [0.05, 0.1) is 12.7 Å². The Morgan fingerprint density at radius 1 is 1.53 bits per heavy atom. The van der Waals surface area contributed by atoms with Crippen LogP contribution in [0.5, 0.6) is 0 Å². The zero-order valence-electron chi connectivity index (χ0n) is 8.53. The van der Waals surface area contributed by atoms with Gasteiger partial charge in [-0.1, -0.05) is 12.7 Å². The van der Waals surface area contributed by atoms with Gasteiger partial charge in [-0.15, -0.1) is 0 Å². The fraction of sp³-hybridized carbons (Fsp3) is 0.222. The molecule has 0 aromatic carbocycles. The van der Waals surface area contributed by atoms with Gasteiger partial charge in [-0.05, 0) is 18.5 Å². The molecule has 0 aromatic rings. The van der Waals surface area contributed by atoms with E-state index in [-0.39, 0.29) is 11.0 Å². The first kappa shape index (κ1) is 13.6. The number of hydrogen-bond acceptors (Lipinski definition) is 4. The van der Waals surface area contributed by atoms with Crippen LogP contribution >= 0.6 is 0 Å². The molecule has 0 radical (unpaired) electrons. The summed E-state index contributed by atoms with van der Waals surface area (Å²) in [7, 11) is -0.719. The van der Waals surface area contributed by atoms with E-state index in [0.717, 1.165) is 26.2 Å². The van der Waals surface area contributed by atoms with Gasteiger partial charge in [0.1, 0.15) is 5.83 Å². The Labute approximate surface area is 87.5 Å². The fourth-order valence-electron chi connectivity index (χ4n) is 0.815. The summed E-state index contributed by atoms with van der Waals surface area (Å²) in [5.74, 6) is -1.67. The minimum absolute atomic E-state index is 0.0904. The summed E-state index contributed by atoms with van der Waals surface area (Å²) in [5.41, 5.74) is -0.465. The van der Waals surface area contributed by atoms with Crippen LogP contribution in [0.25, 0.3) is 0 Å². The third-order valence-corrected chi connectivity index (χ3v) is 1.62. The monoisotopic (exact) mass is 214 g/mol. The molecule has 4 nitrogen and oxygen atoms in total. The lowest BCUT2D eigenvalue weighted by atomic mass is 9.78. The number of methoxy groups -OCH3 is 1. The standard InChI is InChI=1S/C9H12BFO4/c1-4-7(10(13)14)5-8(6(2)11)9(12)15-3/h4-5,13-14H,1H2,2-3H3/b7-5+,8-6-. The van der Waals surface area contributed by atoms with Crippen molar-refractivity contribution in [3.8, 4) is 0 Å². The van der Waals surface area contributed by atoms with Crippen molar-refractivity contribution in [1.82, 2.24) is 0 Å². The minimum atomic E-state index is -1.82. The van der Waals surface area contributed by atoms with Crippen LogP contribution in [0.1, 0.15) is 6.92 Å². The lowest BCUT2D eigenvalue weighted by molar-refractivity contribution is -0.135. The van der Waals surface area contributed by atoms with E-state index in [1.165, 1.54) is 0 Å². The van der Waals surface area contributed by atoms with E-state index in [0.29, 0.717) is 0 Å². The number of carbonyl (C=O) groups excluding carboxylic acids is 1. The number of rotatable bonds is 4. The van der Waals surface area contributed by atoms with Gasteiger partial charge < -0.3 is 14.8 Å². The second kappa shape index (κ2) is 6.16. The lowest BCUT2D eigenvalue weighted by Gasteiger charge is -2.03. The predicted molar refractivity (Wildman–Crippen MR) is 54.3 cm³/mol. The number of hydrogen-bond donors (Lipinski definition) is 2. The van der Waals surface area contributed by atoms with Crippen molar-refractivity contribution in [3.63, 3.8) is 0 Å². The summed E-state index contributed by atoms with van der Waals surface area (Å²) in [5, 5.41) is 17.6. The molecule has 0 bridgehead atoms. The van der Waals surface area contributed by atoms with E-state index in [2.05, 4.69) is 11.3 Å². The first-order valence-electron chi connectivity index (χ1n) is 4.08. The number of ether oxygens (including phenoxy) is 1. The summed E-state index contributed by atoms with van der Waals surface area (Å²) in [6, 6.07) is 0. The summed E-state index contributed by atoms with van der Waals surface area (Å²) >= 11 is 0. The number of esters is 1. The number of halogens is 1. The smallest absolute Gasteiger partial charge is 0.465 e. The van der Waals surface area contributed by atoms with Crippen molar-refractivity contribution in [3.05, 3.63) is 35.6 Å². The molecule has 2 N–H and O–H groups in total. The topological polar surface area (TPSA) is 66.8 Å². The number of carbonyl (C=O) groups is 1. The Hall–Kier alpha value is -1.40. The maximum atomic E-state index is 12.9. The molecular weight excluding hydrogens is 202 g/mol. The van der Waals surface area contributed by atoms with Crippen molar-refractivity contribution in [2.24, 2.45) is 0 Å². The second-order valence-electron chi connectivity index (χ2n) is 2.66. The van der Waals surface area contributed by atoms with Crippen LogP contribution in [0.3, 0.4) is 0 Å². The molecule has 6 heteroatoms. The molecule has 0 aliphatic heterocycles. The fourth-order valence-corrected chi connectivity index (χ4v) is 0.815. The van der Waals surface area contributed by atoms with Gasteiger partial charge in [-0.2, -0.15) is 0 Å². The molecule has 0 amide bonds. The first-order chi connectivity index (χ1) is 6.93. The zero-order chi connectivity index (χ0) is 12.0. The molecule has 0 rings (SSSR count). The van der Waals surface area contributed by atoms with Crippen molar-refractivity contribution >= 4 is 13.1 Å². The van der Waals surface area contributed by atoms with E-state index in [9.17, 15) is 9.18 Å². The molecule has 0 saturated carbocycles. The molecule has 0 saturated heterocycles. The van der Waals surface area contributed by atoms with E-state index in [1.54, 1.807) is 0 Å². The molecule has 0 aliphatic rings. The molecule has 0 fully saturated rings. The third-order valence-electron chi connectivity index (χ3n) is 1.62. The molecule has 0 aliphatic carbocycles. The van der Waals surface area contributed by atoms with Gasteiger partial charge >= 0.3 is 13.1 Å². The van der Waals surface area contributed by atoms with Crippen LogP contribution in [-0.2, 0) is 9.53 Å². The summed E-state index contributed by atoms with van der Waals surface area (Å²) in [6.45, 7) is 4.36. The SMILES string of the molecule is C=C/C(=C\C(C(=O)OC)=C(/C)F)B(O)O. The highest BCUT2D eigenvalue weighted by molar-refractivity contribution is 6.52. The van der Waals surface area contributed by atoms with E-state index >= 15 is 0 Å². The molecular formula is C9H12BFO4. The van der Waals surface area contributed by atoms with E-state index < -0.39 is 18.9 Å². The summed E-state index contributed by atoms with van der Waals surface area (Å²) < 4.78 is 17.2. The lowest BCUT2D eigenvalue weighted by Crippen LogP contribution is -2.15. The zero-order valence-corrected chi connectivity index (χ0v) is 8.53. The van der Waals surface area contributed by atoms with Gasteiger partial charge in [0.2, 0.25) is 0 Å². The second-order valence-corrected chi connectivity index (χ2v) is 2.66. The van der Waals surface area contributed by atoms with Crippen molar-refractivity contribution < 1.29 is 24.0 Å². The normalized spacial score (nSPS) is 13.0. The average molecular weight is 214 g/mol. The quantitative estimate of drug-likeness (QED) is 0.310.